The molecule has 0 spiro atoms. The van der Waals surface area contributed by atoms with Crippen LogP contribution in [0.15, 0.2) is 24.3 Å². The third kappa shape index (κ3) is 1.78. The number of alkyl halides is 1. The van der Waals surface area contributed by atoms with Crippen molar-refractivity contribution < 1.29 is 0 Å². The Morgan fingerprint density at radius 2 is 2.15 bits per heavy atom. The molecule has 2 heteroatoms. The van der Waals surface area contributed by atoms with Crippen LogP contribution in [0.2, 0.25) is 0 Å². The predicted octanol–water partition coefficient (Wildman–Crippen LogP) is 3.41. The van der Waals surface area contributed by atoms with E-state index in [0.717, 1.165) is 11.8 Å². The van der Waals surface area contributed by atoms with Crippen LogP contribution >= 0.6 is 15.9 Å². The molecule has 68 valence electrons. The number of benzene rings is 1. The zero-order valence-corrected chi connectivity index (χ0v) is 9.19. The van der Waals surface area contributed by atoms with Crippen molar-refractivity contribution in [2.75, 3.05) is 5.33 Å². The van der Waals surface area contributed by atoms with Gasteiger partial charge in [0.15, 0.2) is 0 Å². The summed E-state index contributed by atoms with van der Waals surface area (Å²) in [7, 11) is 0. The number of aromatic amines is 1. The second-order valence-electron chi connectivity index (χ2n) is 3.31. The maximum atomic E-state index is 3.45. The Kier molecular flexibility index (Phi) is 2.40. The summed E-state index contributed by atoms with van der Waals surface area (Å²) in [6.07, 6.45) is 1.10. The predicted molar refractivity (Wildman–Crippen MR) is 60.5 cm³/mol. The van der Waals surface area contributed by atoms with Gasteiger partial charge in [-0.3, -0.25) is 0 Å². The molecular formula is C11H12BrN. The molecule has 0 fully saturated rings. The Hall–Kier alpha value is -0.760. The summed E-state index contributed by atoms with van der Waals surface area (Å²) in [6.45, 7) is 2.09. The monoisotopic (exact) mass is 237 g/mol. The maximum Gasteiger partial charge on any atom is 0.0456 e. The minimum absolute atomic E-state index is 1.03. The van der Waals surface area contributed by atoms with E-state index in [1.165, 1.54) is 22.2 Å². The Morgan fingerprint density at radius 1 is 1.31 bits per heavy atom. The first kappa shape index (κ1) is 8.82. The lowest BCUT2D eigenvalue weighted by atomic mass is 10.1. The van der Waals surface area contributed by atoms with Gasteiger partial charge in [0.25, 0.3) is 0 Å². The van der Waals surface area contributed by atoms with Crippen molar-refractivity contribution in [3.63, 3.8) is 0 Å². The molecule has 1 nitrogen and oxygen atoms in total. The van der Waals surface area contributed by atoms with Crippen LogP contribution in [0.1, 0.15) is 11.3 Å². The highest BCUT2D eigenvalue weighted by Gasteiger charge is 1.98. The van der Waals surface area contributed by atoms with Gasteiger partial charge in [0.05, 0.1) is 0 Å². The van der Waals surface area contributed by atoms with Crippen molar-refractivity contribution >= 4 is 26.8 Å². The second-order valence-corrected chi connectivity index (χ2v) is 4.11. The summed E-state index contributed by atoms with van der Waals surface area (Å²) in [6, 6.07) is 8.77. The van der Waals surface area contributed by atoms with E-state index in [0.29, 0.717) is 0 Å². The summed E-state index contributed by atoms with van der Waals surface area (Å²) in [5.74, 6) is 0. The molecule has 1 N–H and O–H groups in total. The van der Waals surface area contributed by atoms with Gasteiger partial charge < -0.3 is 4.98 Å². The van der Waals surface area contributed by atoms with Gasteiger partial charge in [0, 0.05) is 16.5 Å². The molecule has 2 rings (SSSR count). The zero-order chi connectivity index (χ0) is 9.26. The SMILES string of the molecule is Cc1cc2cc(CCBr)ccc2[nH]1. The zero-order valence-electron chi connectivity index (χ0n) is 7.60. The smallest absolute Gasteiger partial charge is 0.0456 e. The van der Waals surface area contributed by atoms with Crippen molar-refractivity contribution in [3.8, 4) is 0 Å². The molecule has 0 aliphatic carbocycles. The molecule has 0 aliphatic heterocycles. The number of halogens is 1. The summed E-state index contributed by atoms with van der Waals surface area (Å²) < 4.78 is 0. The first-order valence-corrected chi connectivity index (χ1v) is 5.56. The number of aryl methyl sites for hydroxylation is 2. The number of fused-ring (bicyclic) bond motifs is 1. The second kappa shape index (κ2) is 3.54. The highest BCUT2D eigenvalue weighted by Crippen LogP contribution is 2.17. The van der Waals surface area contributed by atoms with Crippen molar-refractivity contribution in [2.45, 2.75) is 13.3 Å². The van der Waals surface area contributed by atoms with Gasteiger partial charge in [-0.25, -0.2) is 0 Å². The number of hydrogen-bond donors (Lipinski definition) is 1. The molecule has 1 aromatic heterocycles. The van der Waals surface area contributed by atoms with Crippen molar-refractivity contribution in [3.05, 3.63) is 35.5 Å². The van der Waals surface area contributed by atoms with Crippen LogP contribution in [0.25, 0.3) is 10.9 Å². The van der Waals surface area contributed by atoms with E-state index in [4.69, 9.17) is 0 Å². The van der Waals surface area contributed by atoms with Gasteiger partial charge >= 0.3 is 0 Å². The standard InChI is InChI=1S/C11H12BrN/c1-8-6-10-7-9(4-5-12)2-3-11(10)13-8/h2-3,6-7,13H,4-5H2,1H3. The fraction of sp³-hybridized carbons (Fsp3) is 0.273. The highest BCUT2D eigenvalue weighted by molar-refractivity contribution is 9.09. The van der Waals surface area contributed by atoms with Crippen LogP contribution < -0.4 is 0 Å². The fourth-order valence-electron chi connectivity index (χ4n) is 1.59. The number of nitrogens with one attached hydrogen (secondary N) is 1. The molecule has 0 radical (unpaired) electrons. The molecular weight excluding hydrogens is 226 g/mol. The number of aromatic nitrogens is 1. The van der Waals surface area contributed by atoms with Gasteiger partial charge in [-0.2, -0.15) is 0 Å². The average molecular weight is 238 g/mol. The van der Waals surface area contributed by atoms with Crippen LogP contribution in [-0.4, -0.2) is 10.3 Å². The van der Waals surface area contributed by atoms with E-state index in [9.17, 15) is 0 Å². The van der Waals surface area contributed by atoms with E-state index >= 15 is 0 Å². The number of hydrogen-bond acceptors (Lipinski definition) is 0. The first-order chi connectivity index (χ1) is 6.29. The molecule has 1 heterocycles. The molecule has 0 amide bonds. The molecule has 13 heavy (non-hydrogen) atoms. The van der Waals surface area contributed by atoms with Crippen LogP contribution in [0, 0.1) is 6.92 Å². The molecule has 1 aromatic carbocycles. The molecule has 2 aromatic rings. The normalized spacial score (nSPS) is 10.9. The summed E-state index contributed by atoms with van der Waals surface area (Å²) in [5, 5.41) is 2.35. The molecule has 0 saturated heterocycles. The first-order valence-electron chi connectivity index (χ1n) is 4.44. The number of H-pyrrole nitrogens is 1. The summed E-state index contributed by atoms with van der Waals surface area (Å²) in [4.78, 5) is 3.32. The third-order valence-electron chi connectivity index (χ3n) is 2.20. The lowest BCUT2D eigenvalue weighted by Gasteiger charge is -1.96. The topological polar surface area (TPSA) is 15.8 Å². The van der Waals surface area contributed by atoms with Crippen molar-refractivity contribution in [2.24, 2.45) is 0 Å². The molecule has 0 aliphatic rings. The van der Waals surface area contributed by atoms with E-state index in [-0.39, 0.29) is 0 Å². The quantitative estimate of drug-likeness (QED) is 0.771. The van der Waals surface area contributed by atoms with Gasteiger partial charge in [0.1, 0.15) is 0 Å². The Bertz CT molecular complexity index is 417. The lowest BCUT2D eigenvalue weighted by Crippen LogP contribution is -1.83. The van der Waals surface area contributed by atoms with Gasteiger partial charge in [-0.1, -0.05) is 22.0 Å². The summed E-state index contributed by atoms with van der Waals surface area (Å²) in [5.41, 5.74) is 3.85. The Balaban J connectivity index is 2.48. The Labute approximate surface area is 86.3 Å². The van der Waals surface area contributed by atoms with Crippen LogP contribution in [0.4, 0.5) is 0 Å². The lowest BCUT2D eigenvalue weighted by molar-refractivity contribution is 1.18. The number of rotatable bonds is 2. The van der Waals surface area contributed by atoms with Gasteiger partial charge in [-0.05, 0) is 42.5 Å². The molecule has 0 bridgehead atoms. The minimum Gasteiger partial charge on any atom is -0.359 e. The van der Waals surface area contributed by atoms with Gasteiger partial charge in [-0.15, -0.1) is 0 Å². The van der Waals surface area contributed by atoms with Crippen molar-refractivity contribution in [1.82, 2.24) is 4.98 Å². The molecule has 0 unspecified atom stereocenters. The van der Waals surface area contributed by atoms with Crippen molar-refractivity contribution in [1.29, 1.82) is 0 Å². The average Bonchev–Trinajstić information content (AvgIpc) is 2.44. The van der Waals surface area contributed by atoms with Crippen LogP contribution in [0.3, 0.4) is 0 Å². The Morgan fingerprint density at radius 3 is 2.92 bits per heavy atom. The fourth-order valence-corrected chi connectivity index (χ4v) is 2.05. The molecule has 0 atom stereocenters. The van der Waals surface area contributed by atoms with E-state index < -0.39 is 0 Å². The third-order valence-corrected chi connectivity index (χ3v) is 2.60. The minimum atomic E-state index is 1.03. The van der Waals surface area contributed by atoms with Crippen LogP contribution in [-0.2, 0) is 6.42 Å². The van der Waals surface area contributed by atoms with E-state index in [1.54, 1.807) is 0 Å². The molecule has 0 saturated carbocycles. The largest absolute Gasteiger partial charge is 0.359 e. The summed E-state index contributed by atoms with van der Waals surface area (Å²) >= 11 is 3.45. The van der Waals surface area contributed by atoms with E-state index in [2.05, 4.69) is 52.1 Å². The van der Waals surface area contributed by atoms with Crippen LogP contribution in [0.5, 0.6) is 0 Å². The maximum absolute atomic E-state index is 3.45. The highest BCUT2D eigenvalue weighted by atomic mass is 79.9. The van der Waals surface area contributed by atoms with E-state index in [1.807, 2.05) is 0 Å². The van der Waals surface area contributed by atoms with Gasteiger partial charge in [0.2, 0.25) is 0 Å².